The Morgan fingerprint density at radius 2 is 2.37 bits per heavy atom. The minimum atomic E-state index is -0.288. The number of ether oxygens (including phenoxy) is 1. The summed E-state index contributed by atoms with van der Waals surface area (Å²) in [6.45, 7) is 2.70. The van der Waals surface area contributed by atoms with Crippen LogP contribution in [0, 0.1) is 6.92 Å². The first-order valence-corrected chi connectivity index (χ1v) is 7.44. The van der Waals surface area contributed by atoms with Crippen LogP contribution in [0.5, 0.6) is 5.75 Å². The van der Waals surface area contributed by atoms with Crippen molar-refractivity contribution < 1.29 is 9.84 Å². The van der Waals surface area contributed by atoms with Gasteiger partial charge in [0.15, 0.2) is 0 Å². The molecule has 0 saturated heterocycles. The van der Waals surface area contributed by atoms with Gasteiger partial charge in [-0.2, -0.15) is 0 Å². The van der Waals surface area contributed by atoms with Gasteiger partial charge < -0.3 is 9.84 Å². The Bertz CT molecular complexity index is 579. The fraction of sp³-hybridized carbons (Fsp3) is 0.400. The van der Waals surface area contributed by atoms with Crippen LogP contribution < -0.4 is 4.74 Å². The third-order valence-electron chi connectivity index (χ3n) is 3.60. The largest absolute Gasteiger partial charge is 0.493 e. The Kier molecular flexibility index (Phi) is 3.53. The molecule has 1 aromatic heterocycles. The minimum absolute atomic E-state index is 0.288. The summed E-state index contributed by atoms with van der Waals surface area (Å²) in [5.41, 5.74) is 5.26. The van der Waals surface area contributed by atoms with E-state index in [0.717, 1.165) is 36.3 Å². The van der Waals surface area contributed by atoms with E-state index in [1.807, 2.05) is 24.6 Å². The summed E-state index contributed by atoms with van der Waals surface area (Å²) in [5.74, 6) is 0.898. The van der Waals surface area contributed by atoms with E-state index in [-0.39, 0.29) is 6.10 Å². The highest BCUT2D eigenvalue weighted by atomic mass is 32.1. The second-order valence-electron chi connectivity index (χ2n) is 4.87. The van der Waals surface area contributed by atoms with Gasteiger partial charge in [0, 0.05) is 11.3 Å². The van der Waals surface area contributed by atoms with Crippen LogP contribution in [-0.2, 0) is 12.8 Å². The average Bonchev–Trinajstić information content (AvgIpc) is 2.97. The van der Waals surface area contributed by atoms with Crippen molar-refractivity contribution in [1.82, 2.24) is 4.98 Å². The van der Waals surface area contributed by atoms with Crippen molar-refractivity contribution >= 4 is 11.3 Å². The molecule has 0 aliphatic heterocycles. The number of benzene rings is 1. The summed E-state index contributed by atoms with van der Waals surface area (Å²) in [6, 6.07) is 6.00. The van der Waals surface area contributed by atoms with E-state index in [1.54, 1.807) is 11.3 Å². The van der Waals surface area contributed by atoms with Crippen LogP contribution in [0.2, 0.25) is 0 Å². The Labute approximate surface area is 116 Å². The van der Waals surface area contributed by atoms with Crippen molar-refractivity contribution in [3.05, 3.63) is 45.4 Å². The lowest BCUT2D eigenvalue weighted by molar-refractivity contribution is 0.180. The number of aromatic nitrogens is 1. The molecule has 3 rings (SSSR count). The fourth-order valence-electron chi connectivity index (χ4n) is 2.49. The molecule has 1 aliphatic rings. The van der Waals surface area contributed by atoms with Crippen LogP contribution in [0.25, 0.3) is 0 Å². The number of hydrogen-bond donors (Lipinski definition) is 1. The highest BCUT2D eigenvalue weighted by Crippen LogP contribution is 2.33. The van der Waals surface area contributed by atoms with Crippen LogP contribution in [-0.4, -0.2) is 16.7 Å². The normalized spacial score (nSPS) is 17.5. The summed E-state index contributed by atoms with van der Waals surface area (Å²) in [5, 5.41) is 9.76. The van der Waals surface area contributed by atoms with Crippen molar-refractivity contribution in [3.63, 3.8) is 0 Å². The molecule has 0 unspecified atom stereocenters. The number of rotatable bonds is 4. The van der Waals surface area contributed by atoms with Crippen molar-refractivity contribution in [3.8, 4) is 5.75 Å². The maximum Gasteiger partial charge on any atom is 0.119 e. The lowest BCUT2D eigenvalue weighted by Crippen LogP contribution is -2.01. The van der Waals surface area contributed by atoms with E-state index in [0.29, 0.717) is 6.61 Å². The van der Waals surface area contributed by atoms with Crippen LogP contribution in [0.1, 0.15) is 34.2 Å². The first-order valence-electron chi connectivity index (χ1n) is 6.56. The van der Waals surface area contributed by atoms with E-state index in [2.05, 4.69) is 11.1 Å². The van der Waals surface area contributed by atoms with Gasteiger partial charge in [-0.1, -0.05) is 6.07 Å². The second-order valence-corrected chi connectivity index (χ2v) is 5.81. The molecule has 0 fully saturated rings. The second kappa shape index (κ2) is 5.31. The molecule has 0 amide bonds. The highest BCUT2D eigenvalue weighted by molar-refractivity contribution is 7.09. The molecule has 100 valence electrons. The molecule has 2 aromatic rings. The molecule has 0 bridgehead atoms. The zero-order valence-corrected chi connectivity index (χ0v) is 11.7. The van der Waals surface area contributed by atoms with E-state index >= 15 is 0 Å². The van der Waals surface area contributed by atoms with Gasteiger partial charge in [0.25, 0.3) is 0 Å². The molecule has 0 spiro atoms. The summed E-state index contributed by atoms with van der Waals surface area (Å²) >= 11 is 1.68. The van der Waals surface area contributed by atoms with Gasteiger partial charge in [-0.25, -0.2) is 4.98 Å². The van der Waals surface area contributed by atoms with Crippen LogP contribution in [0.15, 0.2) is 23.7 Å². The molecule has 1 aliphatic carbocycles. The molecule has 1 N–H and O–H groups in total. The maximum atomic E-state index is 9.76. The zero-order valence-electron chi connectivity index (χ0n) is 10.9. The van der Waals surface area contributed by atoms with Crippen LogP contribution >= 0.6 is 11.3 Å². The van der Waals surface area contributed by atoms with E-state index < -0.39 is 0 Å². The highest BCUT2D eigenvalue weighted by Gasteiger charge is 2.20. The first-order chi connectivity index (χ1) is 9.24. The third-order valence-corrected chi connectivity index (χ3v) is 4.60. The number of aliphatic hydroxyl groups is 1. The Morgan fingerprint density at radius 1 is 1.47 bits per heavy atom. The lowest BCUT2D eigenvalue weighted by atomic mass is 10.1. The number of aliphatic hydroxyl groups excluding tert-OH is 1. The van der Waals surface area contributed by atoms with E-state index in [4.69, 9.17) is 4.74 Å². The molecular formula is C15H17NO2S. The molecule has 1 atom stereocenters. The number of nitrogens with zero attached hydrogens (tertiary/aromatic N) is 1. The molecule has 0 radical (unpaired) electrons. The Balaban J connectivity index is 1.60. The summed E-state index contributed by atoms with van der Waals surface area (Å²) in [4.78, 5) is 5.52. The van der Waals surface area contributed by atoms with Crippen LogP contribution in [0.4, 0.5) is 0 Å². The zero-order chi connectivity index (χ0) is 13.2. The van der Waals surface area contributed by atoms with Crippen molar-refractivity contribution in [1.29, 1.82) is 0 Å². The number of fused-ring (bicyclic) bond motifs is 1. The smallest absolute Gasteiger partial charge is 0.119 e. The van der Waals surface area contributed by atoms with Crippen molar-refractivity contribution in [2.75, 3.05) is 6.61 Å². The molecular weight excluding hydrogens is 258 g/mol. The topological polar surface area (TPSA) is 42.4 Å². The minimum Gasteiger partial charge on any atom is -0.493 e. The van der Waals surface area contributed by atoms with Crippen LogP contribution in [0.3, 0.4) is 0 Å². The lowest BCUT2D eigenvalue weighted by Gasteiger charge is -2.08. The quantitative estimate of drug-likeness (QED) is 0.932. The summed E-state index contributed by atoms with van der Waals surface area (Å²) in [6.07, 6.45) is 2.39. The van der Waals surface area contributed by atoms with Crippen molar-refractivity contribution in [2.24, 2.45) is 0 Å². The molecule has 3 nitrogen and oxygen atoms in total. The molecule has 1 aromatic carbocycles. The monoisotopic (exact) mass is 275 g/mol. The molecule has 1 heterocycles. The van der Waals surface area contributed by atoms with E-state index in [9.17, 15) is 5.11 Å². The predicted octanol–water partition coefficient (Wildman–Crippen LogP) is 3.05. The standard InChI is InChI=1S/C15H17NO2S/c1-10-15(19-9-16-10)6-7-18-12-3-4-13-11(8-12)2-5-14(13)17/h3-4,8-9,14,17H,2,5-7H2,1H3/t14-/m0/s1. The predicted molar refractivity (Wildman–Crippen MR) is 75.8 cm³/mol. The van der Waals surface area contributed by atoms with Gasteiger partial charge in [0.2, 0.25) is 0 Å². The number of thiazole rings is 1. The average molecular weight is 275 g/mol. The van der Waals surface area contributed by atoms with Gasteiger partial charge in [-0.05, 0) is 43.0 Å². The Morgan fingerprint density at radius 3 is 3.16 bits per heavy atom. The van der Waals surface area contributed by atoms with Gasteiger partial charge in [0.1, 0.15) is 5.75 Å². The van der Waals surface area contributed by atoms with Gasteiger partial charge >= 0.3 is 0 Å². The summed E-state index contributed by atoms with van der Waals surface area (Å²) in [7, 11) is 0. The number of aryl methyl sites for hydroxylation is 2. The summed E-state index contributed by atoms with van der Waals surface area (Å²) < 4.78 is 5.79. The number of hydrogen-bond acceptors (Lipinski definition) is 4. The third kappa shape index (κ3) is 2.65. The molecule has 0 saturated carbocycles. The first kappa shape index (κ1) is 12.6. The maximum absolute atomic E-state index is 9.76. The molecule has 19 heavy (non-hydrogen) atoms. The van der Waals surface area contributed by atoms with Gasteiger partial charge in [-0.3, -0.25) is 0 Å². The van der Waals surface area contributed by atoms with Gasteiger partial charge in [-0.15, -0.1) is 11.3 Å². The van der Waals surface area contributed by atoms with Gasteiger partial charge in [0.05, 0.1) is 23.9 Å². The van der Waals surface area contributed by atoms with E-state index in [1.165, 1.54) is 10.4 Å². The SMILES string of the molecule is Cc1ncsc1CCOc1ccc2c(c1)CC[C@@H]2O. The fourth-order valence-corrected chi connectivity index (χ4v) is 3.25. The molecule has 4 heteroatoms. The van der Waals surface area contributed by atoms with Crippen molar-refractivity contribution in [2.45, 2.75) is 32.3 Å². The Hall–Kier alpha value is -1.39.